The van der Waals surface area contributed by atoms with Crippen molar-refractivity contribution in [3.05, 3.63) is 23.9 Å². The predicted octanol–water partition coefficient (Wildman–Crippen LogP) is 2.38. The van der Waals surface area contributed by atoms with E-state index in [4.69, 9.17) is 9.47 Å². The Labute approximate surface area is 120 Å². The molecule has 4 nitrogen and oxygen atoms in total. The third kappa shape index (κ3) is 2.31. The van der Waals surface area contributed by atoms with Gasteiger partial charge in [-0.1, -0.05) is 19.9 Å². The third-order valence-electron chi connectivity index (χ3n) is 4.82. The second-order valence-electron chi connectivity index (χ2n) is 6.45. The van der Waals surface area contributed by atoms with Gasteiger partial charge in [-0.25, -0.2) is 4.98 Å². The minimum Gasteiger partial charge on any atom is -0.481 e. The minimum absolute atomic E-state index is 0.212. The Kier molecular flexibility index (Phi) is 3.69. The first kappa shape index (κ1) is 13.8. The summed E-state index contributed by atoms with van der Waals surface area (Å²) in [6, 6.07) is 6.42. The zero-order valence-electron chi connectivity index (χ0n) is 12.6. The molecular weight excluding hydrogens is 252 g/mol. The topological polar surface area (TPSA) is 43.4 Å². The van der Waals surface area contributed by atoms with Gasteiger partial charge in [0.25, 0.3) is 0 Å². The van der Waals surface area contributed by atoms with Gasteiger partial charge < -0.3 is 14.8 Å². The molecule has 3 rings (SSSR count). The van der Waals surface area contributed by atoms with E-state index >= 15 is 0 Å². The molecule has 4 heteroatoms. The van der Waals surface area contributed by atoms with E-state index in [1.54, 1.807) is 7.11 Å². The largest absolute Gasteiger partial charge is 0.481 e. The number of nitrogens with one attached hydrogen (secondary N) is 1. The molecule has 2 aliphatic rings. The Morgan fingerprint density at radius 3 is 3.10 bits per heavy atom. The van der Waals surface area contributed by atoms with Crippen molar-refractivity contribution in [3.8, 4) is 5.88 Å². The summed E-state index contributed by atoms with van der Waals surface area (Å²) in [4.78, 5) is 4.46. The summed E-state index contributed by atoms with van der Waals surface area (Å²) in [7, 11) is 1.65. The molecule has 0 spiro atoms. The summed E-state index contributed by atoms with van der Waals surface area (Å²) < 4.78 is 11.1. The van der Waals surface area contributed by atoms with Crippen LogP contribution in [0.15, 0.2) is 18.2 Å². The van der Waals surface area contributed by atoms with Gasteiger partial charge in [0.05, 0.1) is 18.9 Å². The Hall–Kier alpha value is -1.13. The third-order valence-corrected chi connectivity index (χ3v) is 4.82. The summed E-state index contributed by atoms with van der Waals surface area (Å²) in [6.45, 7) is 6.32. The first-order chi connectivity index (χ1) is 9.63. The van der Waals surface area contributed by atoms with Crippen LogP contribution in [0.1, 0.15) is 32.4 Å². The van der Waals surface area contributed by atoms with E-state index in [2.05, 4.69) is 24.1 Å². The van der Waals surface area contributed by atoms with Crippen molar-refractivity contribution in [2.45, 2.75) is 45.4 Å². The Balaban J connectivity index is 1.63. The molecule has 2 fully saturated rings. The fraction of sp³-hybridized carbons (Fsp3) is 0.688. The van der Waals surface area contributed by atoms with Gasteiger partial charge in [0, 0.05) is 36.6 Å². The molecule has 0 bridgehead atoms. The molecule has 0 aromatic carbocycles. The Morgan fingerprint density at radius 2 is 2.30 bits per heavy atom. The van der Waals surface area contributed by atoms with Gasteiger partial charge in [-0.15, -0.1) is 0 Å². The second-order valence-corrected chi connectivity index (χ2v) is 6.45. The normalized spacial score (nSPS) is 31.2. The lowest BCUT2D eigenvalue weighted by Crippen LogP contribution is -2.69. The maximum Gasteiger partial charge on any atom is 0.213 e. The molecule has 3 atom stereocenters. The summed E-state index contributed by atoms with van der Waals surface area (Å²) in [5.74, 6) is 1.33. The van der Waals surface area contributed by atoms with E-state index in [0.29, 0.717) is 23.9 Å². The molecule has 0 radical (unpaired) electrons. The van der Waals surface area contributed by atoms with E-state index in [1.165, 1.54) is 12.8 Å². The van der Waals surface area contributed by atoms with Crippen LogP contribution in [0.4, 0.5) is 0 Å². The smallest absolute Gasteiger partial charge is 0.213 e. The van der Waals surface area contributed by atoms with E-state index in [0.717, 1.165) is 18.8 Å². The lowest BCUT2D eigenvalue weighted by atomic mass is 9.55. The number of pyridine rings is 1. The molecule has 1 N–H and O–H groups in total. The number of methoxy groups -OCH3 is 1. The molecule has 1 aromatic rings. The number of hydrogen-bond donors (Lipinski definition) is 1. The van der Waals surface area contributed by atoms with Crippen LogP contribution in [-0.2, 0) is 11.3 Å². The van der Waals surface area contributed by atoms with Gasteiger partial charge in [-0.05, 0) is 18.9 Å². The van der Waals surface area contributed by atoms with Gasteiger partial charge >= 0.3 is 0 Å². The highest BCUT2D eigenvalue weighted by molar-refractivity contribution is 5.16. The van der Waals surface area contributed by atoms with Crippen LogP contribution in [-0.4, -0.2) is 30.8 Å². The minimum atomic E-state index is 0.212. The molecule has 2 heterocycles. The van der Waals surface area contributed by atoms with Gasteiger partial charge in [0.1, 0.15) is 0 Å². The van der Waals surface area contributed by atoms with Crippen molar-refractivity contribution >= 4 is 0 Å². The summed E-state index contributed by atoms with van der Waals surface area (Å²) in [5.41, 5.74) is 1.24. The maximum atomic E-state index is 5.94. The predicted molar refractivity (Wildman–Crippen MR) is 77.7 cm³/mol. The second kappa shape index (κ2) is 5.34. The quantitative estimate of drug-likeness (QED) is 0.917. The van der Waals surface area contributed by atoms with Crippen molar-refractivity contribution in [3.63, 3.8) is 0 Å². The highest BCUT2D eigenvalue weighted by atomic mass is 16.5. The molecule has 1 saturated carbocycles. The van der Waals surface area contributed by atoms with E-state index in [9.17, 15) is 0 Å². The number of aromatic nitrogens is 1. The fourth-order valence-electron chi connectivity index (χ4n) is 3.82. The molecular formula is C16H24N2O2. The van der Waals surface area contributed by atoms with Crippen LogP contribution < -0.4 is 10.1 Å². The van der Waals surface area contributed by atoms with Gasteiger partial charge in [0.2, 0.25) is 5.88 Å². The molecule has 0 unspecified atom stereocenters. The number of rotatable bonds is 4. The Bertz CT molecular complexity index is 475. The van der Waals surface area contributed by atoms with Gasteiger partial charge in [-0.2, -0.15) is 0 Å². The fourth-order valence-corrected chi connectivity index (χ4v) is 3.82. The monoisotopic (exact) mass is 276 g/mol. The van der Waals surface area contributed by atoms with Crippen molar-refractivity contribution in [1.29, 1.82) is 0 Å². The van der Waals surface area contributed by atoms with Crippen molar-refractivity contribution in [2.24, 2.45) is 11.3 Å². The van der Waals surface area contributed by atoms with Crippen molar-refractivity contribution < 1.29 is 9.47 Å². The van der Waals surface area contributed by atoms with Crippen LogP contribution in [0.25, 0.3) is 0 Å². The molecule has 1 aliphatic heterocycles. The molecule has 110 valence electrons. The summed E-state index contributed by atoms with van der Waals surface area (Å²) >= 11 is 0. The van der Waals surface area contributed by atoms with E-state index in [-0.39, 0.29) is 5.41 Å². The molecule has 20 heavy (non-hydrogen) atoms. The first-order valence-electron chi connectivity index (χ1n) is 7.48. The van der Waals surface area contributed by atoms with E-state index < -0.39 is 0 Å². The zero-order valence-corrected chi connectivity index (χ0v) is 12.6. The molecule has 1 aliphatic carbocycles. The lowest BCUT2D eigenvalue weighted by molar-refractivity contribution is -0.193. The SMILES string of the molecule is COc1cccc(CN[C@@H]2[C@H]3CCCO[C@H]3C2(C)C)n1. The van der Waals surface area contributed by atoms with Crippen LogP contribution in [0.2, 0.25) is 0 Å². The first-order valence-corrected chi connectivity index (χ1v) is 7.48. The average molecular weight is 276 g/mol. The van der Waals surface area contributed by atoms with Gasteiger partial charge in [-0.3, -0.25) is 0 Å². The molecule has 0 amide bonds. The van der Waals surface area contributed by atoms with Crippen LogP contribution in [0.3, 0.4) is 0 Å². The number of fused-ring (bicyclic) bond motifs is 1. The standard InChI is InChI=1S/C16H24N2O2/c1-16(2)14(12-7-5-9-20-15(12)16)17-10-11-6-4-8-13(18-11)19-3/h4,6,8,12,14-15,17H,5,7,9-10H2,1-3H3/t12-,14-,15-/m1/s1. The number of ether oxygens (including phenoxy) is 2. The summed E-state index contributed by atoms with van der Waals surface area (Å²) in [6.07, 6.45) is 2.89. The van der Waals surface area contributed by atoms with Crippen LogP contribution in [0.5, 0.6) is 5.88 Å². The summed E-state index contributed by atoms with van der Waals surface area (Å²) in [5, 5.41) is 3.68. The zero-order chi connectivity index (χ0) is 14.2. The van der Waals surface area contributed by atoms with Gasteiger partial charge in [0.15, 0.2) is 0 Å². The Morgan fingerprint density at radius 1 is 1.45 bits per heavy atom. The maximum absolute atomic E-state index is 5.94. The van der Waals surface area contributed by atoms with Crippen molar-refractivity contribution in [1.82, 2.24) is 10.3 Å². The lowest BCUT2D eigenvalue weighted by Gasteiger charge is -2.60. The van der Waals surface area contributed by atoms with Crippen molar-refractivity contribution in [2.75, 3.05) is 13.7 Å². The molecule has 1 aromatic heterocycles. The highest BCUT2D eigenvalue weighted by Gasteiger charge is 2.57. The van der Waals surface area contributed by atoms with Crippen LogP contribution >= 0.6 is 0 Å². The molecule has 1 saturated heterocycles. The highest BCUT2D eigenvalue weighted by Crippen LogP contribution is 2.51. The van der Waals surface area contributed by atoms with Crippen LogP contribution in [0, 0.1) is 11.3 Å². The van der Waals surface area contributed by atoms with E-state index in [1.807, 2.05) is 18.2 Å². The average Bonchev–Trinajstić information content (AvgIpc) is 2.47. The number of hydrogen-bond acceptors (Lipinski definition) is 4. The number of nitrogens with zero attached hydrogens (tertiary/aromatic N) is 1.